The van der Waals surface area contributed by atoms with Crippen molar-refractivity contribution in [2.24, 2.45) is 0 Å². The Morgan fingerprint density at radius 3 is 3.05 bits per heavy atom. The van der Waals surface area contributed by atoms with Gasteiger partial charge in [-0.1, -0.05) is 0 Å². The maximum atomic E-state index is 11.5. The molecule has 0 spiro atoms. The van der Waals surface area contributed by atoms with Crippen molar-refractivity contribution in [2.45, 2.75) is 19.9 Å². The van der Waals surface area contributed by atoms with E-state index >= 15 is 0 Å². The van der Waals surface area contributed by atoms with Gasteiger partial charge in [0.2, 0.25) is 0 Å². The first kappa shape index (κ1) is 13.5. The molecule has 5 heteroatoms. The average Bonchev–Trinajstić information content (AvgIpc) is 3.10. The minimum Gasteiger partial charge on any atom is -0.493 e. The predicted molar refractivity (Wildman–Crippen MR) is 77.8 cm³/mol. The number of nitrogens with one attached hydrogen (secondary N) is 1. The Hall–Kier alpha value is -2.43. The highest BCUT2D eigenvalue weighted by atomic mass is 16.5. The lowest BCUT2D eigenvalue weighted by atomic mass is 10.1. The van der Waals surface area contributed by atoms with Gasteiger partial charge < -0.3 is 19.2 Å². The summed E-state index contributed by atoms with van der Waals surface area (Å²) in [5.41, 5.74) is 2.69. The van der Waals surface area contributed by atoms with E-state index in [9.17, 15) is 4.79 Å². The summed E-state index contributed by atoms with van der Waals surface area (Å²) < 4.78 is 15.8. The summed E-state index contributed by atoms with van der Waals surface area (Å²) in [5.74, 6) is 1.85. The molecule has 1 aliphatic heterocycles. The van der Waals surface area contributed by atoms with Gasteiger partial charge in [-0.2, -0.15) is 0 Å². The summed E-state index contributed by atoms with van der Waals surface area (Å²) in [6.07, 6.45) is 0.942. The topological polar surface area (TPSA) is 60.7 Å². The number of furan rings is 1. The molecule has 0 bridgehead atoms. The van der Waals surface area contributed by atoms with Crippen LogP contribution >= 0.6 is 0 Å². The summed E-state index contributed by atoms with van der Waals surface area (Å²) in [5, 5.41) is 3.29. The van der Waals surface area contributed by atoms with E-state index in [1.165, 1.54) is 12.7 Å². The largest absolute Gasteiger partial charge is 0.493 e. The van der Waals surface area contributed by atoms with E-state index in [1.54, 1.807) is 13.0 Å². The second kappa shape index (κ2) is 5.52. The Morgan fingerprint density at radius 2 is 2.24 bits per heavy atom. The average molecular weight is 287 g/mol. The maximum Gasteiger partial charge on any atom is 0.341 e. The Kier molecular flexibility index (Phi) is 3.56. The first-order valence-corrected chi connectivity index (χ1v) is 6.84. The lowest BCUT2D eigenvalue weighted by Gasteiger charge is -2.06. The van der Waals surface area contributed by atoms with Crippen molar-refractivity contribution in [3.63, 3.8) is 0 Å². The number of methoxy groups -OCH3 is 1. The number of carbonyl (C=O) groups excluding carboxylic acids is 1. The second-order valence-corrected chi connectivity index (χ2v) is 4.95. The molecule has 0 amide bonds. The van der Waals surface area contributed by atoms with Crippen LogP contribution in [0.15, 0.2) is 28.7 Å². The molecule has 2 aromatic rings. The van der Waals surface area contributed by atoms with Crippen molar-refractivity contribution >= 4 is 11.7 Å². The number of benzene rings is 1. The third-order valence-electron chi connectivity index (χ3n) is 3.53. The quantitative estimate of drug-likeness (QED) is 0.876. The monoisotopic (exact) mass is 287 g/mol. The summed E-state index contributed by atoms with van der Waals surface area (Å²) in [7, 11) is 1.36. The molecule has 0 radical (unpaired) electrons. The summed E-state index contributed by atoms with van der Waals surface area (Å²) in [4.78, 5) is 11.5. The van der Waals surface area contributed by atoms with Crippen LogP contribution in [0.1, 0.15) is 27.4 Å². The van der Waals surface area contributed by atoms with Crippen LogP contribution in [0.2, 0.25) is 0 Å². The highest BCUT2D eigenvalue weighted by Crippen LogP contribution is 2.28. The fourth-order valence-electron chi connectivity index (χ4n) is 2.43. The Balaban J connectivity index is 1.69. The van der Waals surface area contributed by atoms with Gasteiger partial charge in [-0.25, -0.2) is 4.79 Å². The van der Waals surface area contributed by atoms with Crippen molar-refractivity contribution in [3.8, 4) is 5.75 Å². The van der Waals surface area contributed by atoms with Gasteiger partial charge in [0.25, 0.3) is 0 Å². The number of aryl methyl sites for hydroxylation is 1. The van der Waals surface area contributed by atoms with E-state index in [0.29, 0.717) is 23.6 Å². The standard InChI is InChI=1S/C16H17NO4/c1-10-14(16(18)19-2)8-13(21-10)9-17-12-3-4-15-11(7-12)5-6-20-15/h3-4,7-8,17H,5-6,9H2,1-2H3. The molecule has 2 heterocycles. The van der Waals surface area contributed by atoms with Crippen molar-refractivity contribution in [1.82, 2.24) is 0 Å². The van der Waals surface area contributed by atoms with Gasteiger partial charge in [-0.15, -0.1) is 0 Å². The van der Waals surface area contributed by atoms with E-state index < -0.39 is 0 Å². The Labute approximate surface area is 122 Å². The highest BCUT2D eigenvalue weighted by Gasteiger charge is 2.16. The normalized spacial score (nSPS) is 12.7. The number of fused-ring (bicyclic) bond motifs is 1. The third kappa shape index (κ3) is 2.72. The zero-order valence-corrected chi connectivity index (χ0v) is 12.1. The van der Waals surface area contributed by atoms with Gasteiger partial charge in [0.15, 0.2) is 0 Å². The second-order valence-electron chi connectivity index (χ2n) is 4.95. The molecule has 0 atom stereocenters. The molecule has 1 N–H and O–H groups in total. The molecule has 1 aromatic carbocycles. The minimum atomic E-state index is -0.378. The van der Waals surface area contributed by atoms with E-state index in [0.717, 1.165) is 24.5 Å². The van der Waals surface area contributed by atoms with Crippen molar-refractivity contribution in [3.05, 3.63) is 46.9 Å². The Bertz CT molecular complexity index is 675. The van der Waals surface area contributed by atoms with E-state index in [4.69, 9.17) is 13.9 Å². The van der Waals surface area contributed by atoms with Crippen molar-refractivity contribution < 1.29 is 18.7 Å². The zero-order chi connectivity index (χ0) is 14.8. The van der Waals surface area contributed by atoms with Crippen LogP contribution < -0.4 is 10.1 Å². The van der Waals surface area contributed by atoms with Gasteiger partial charge in [-0.3, -0.25) is 0 Å². The predicted octanol–water partition coefficient (Wildman–Crippen LogP) is 2.92. The number of rotatable bonds is 4. The van der Waals surface area contributed by atoms with E-state index in [-0.39, 0.29) is 5.97 Å². The van der Waals surface area contributed by atoms with Crippen LogP contribution in [0.5, 0.6) is 5.75 Å². The lowest BCUT2D eigenvalue weighted by Crippen LogP contribution is -2.01. The minimum absolute atomic E-state index is 0.378. The van der Waals surface area contributed by atoms with Crippen LogP contribution in [-0.4, -0.2) is 19.7 Å². The summed E-state index contributed by atoms with van der Waals surface area (Å²) in [6.45, 7) is 3.01. The molecule has 0 aliphatic carbocycles. The van der Waals surface area contributed by atoms with E-state index in [2.05, 4.69) is 11.4 Å². The van der Waals surface area contributed by atoms with Crippen molar-refractivity contribution in [2.75, 3.05) is 19.0 Å². The number of hydrogen-bond donors (Lipinski definition) is 1. The zero-order valence-electron chi connectivity index (χ0n) is 12.1. The van der Waals surface area contributed by atoms with Crippen LogP contribution in [0.3, 0.4) is 0 Å². The number of carbonyl (C=O) groups is 1. The lowest BCUT2D eigenvalue weighted by molar-refractivity contribution is 0.0599. The molecule has 0 saturated heterocycles. The van der Waals surface area contributed by atoms with Gasteiger partial charge in [-0.05, 0) is 36.8 Å². The fraction of sp³-hybridized carbons (Fsp3) is 0.312. The van der Waals surface area contributed by atoms with Gasteiger partial charge in [0, 0.05) is 12.1 Å². The third-order valence-corrected chi connectivity index (χ3v) is 3.53. The molecule has 1 aromatic heterocycles. The van der Waals surface area contributed by atoms with Gasteiger partial charge in [0.1, 0.15) is 22.8 Å². The molecular formula is C16H17NO4. The summed E-state index contributed by atoms with van der Waals surface area (Å²) >= 11 is 0. The molecule has 0 unspecified atom stereocenters. The molecule has 0 fully saturated rings. The number of esters is 1. The molecule has 1 aliphatic rings. The maximum absolute atomic E-state index is 11.5. The first-order valence-electron chi connectivity index (χ1n) is 6.84. The van der Waals surface area contributed by atoms with Gasteiger partial charge in [0.05, 0.1) is 20.3 Å². The molecule has 0 saturated carbocycles. The molecule has 5 nitrogen and oxygen atoms in total. The SMILES string of the molecule is COC(=O)c1cc(CNc2ccc3c(c2)CCO3)oc1C. The number of hydrogen-bond acceptors (Lipinski definition) is 5. The fourth-order valence-corrected chi connectivity index (χ4v) is 2.43. The molecule has 21 heavy (non-hydrogen) atoms. The smallest absolute Gasteiger partial charge is 0.341 e. The highest BCUT2D eigenvalue weighted by molar-refractivity contribution is 5.90. The van der Waals surface area contributed by atoms with Crippen LogP contribution in [0.4, 0.5) is 5.69 Å². The molecular weight excluding hydrogens is 270 g/mol. The van der Waals surface area contributed by atoms with Crippen LogP contribution in [0, 0.1) is 6.92 Å². The summed E-state index contributed by atoms with van der Waals surface area (Å²) in [6, 6.07) is 7.74. The van der Waals surface area contributed by atoms with Crippen LogP contribution in [0.25, 0.3) is 0 Å². The number of anilines is 1. The van der Waals surface area contributed by atoms with Crippen LogP contribution in [-0.2, 0) is 17.7 Å². The molecule has 110 valence electrons. The number of ether oxygens (including phenoxy) is 2. The van der Waals surface area contributed by atoms with E-state index in [1.807, 2.05) is 12.1 Å². The Morgan fingerprint density at radius 1 is 1.38 bits per heavy atom. The molecule has 3 rings (SSSR count). The van der Waals surface area contributed by atoms with Crippen molar-refractivity contribution in [1.29, 1.82) is 0 Å². The van der Waals surface area contributed by atoms with Gasteiger partial charge >= 0.3 is 5.97 Å². The first-order chi connectivity index (χ1) is 10.2.